The van der Waals surface area contributed by atoms with Crippen LogP contribution in [0.25, 0.3) is 0 Å². The standard InChI is InChI=1S/C10H10F4N2O/c1-4(2)15-16-10-8(13)6(11)5(3-17)7(12)9(10)14/h4,17H,3H2,1-2H3. The van der Waals surface area contributed by atoms with Crippen molar-refractivity contribution < 1.29 is 22.7 Å². The molecule has 0 atom stereocenters. The van der Waals surface area contributed by atoms with E-state index in [2.05, 4.69) is 10.2 Å². The van der Waals surface area contributed by atoms with Crippen LogP contribution in [0, 0.1) is 23.3 Å². The van der Waals surface area contributed by atoms with Crippen molar-refractivity contribution in [2.75, 3.05) is 0 Å². The molecule has 0 radical (unpaired) electrons. The summed E-state index contributed by atoms with van der Waals surface area (Å²) in [4.78, 5) is 0. The molecule has 1 rings (SSSR count). The van der Waals surface area contributed by atoms with Gasteiger partial charge in [-0.1, -0.05) is 0 Å². The molecule has 1 aromatic carbocycles. The first-order valence-corrected chi connectivity index (χ1v) is 4.76. The first-order chi connectivity index (χ1) is 7.90. The monoisotopic (exact) mass is 250 g/mol. The van der Waals surface area contributed by atoms with Crippen molar-refractivity contribution in [3.63, 3.8) is 0 Å². The van der Waals surface area contributed by atoms with Crippen molar-refractivity contribution in [2.45, 2.75) is 26.5 Å². The van der Waals surface area contributed by atoms with E-state index in [9.17, 15) is 17.6 Å². The maximum Gasteiger partial charge on any atom is 0.189 e. The average molecular weight is 250 g/mol. The zero-order valence-electron chi connectivity index (χ0n) is 9.14. The lowest BCUT2D eigenvalue weighted by Gasteiger charge is -2.06. The van der Waals surface area contributed by atoms with Gasteiger partial charge in [-0.3, -0.25) is 0 Å². The summed E-state index contributed by atoms with van der Waals surface area (Å²) < 4.78 is 53.0. The fourth-order valence-electron chi connectivity index (χ4n) is 1.07. The Morgan fingerprint density at radius 1 is 1.00 bits per heavy atom. The minimum absolute atomic E-state index is 0.377. The SMILES string of the molecule is CC(C)N=Nc1c(F)c(F)c(CO)c(F)c1F. The first-order valence-electron chi connectivity index (χ1n) is 4.76. The summed E-state index contributed by atoms with van der Waals surface area (Å²) in [5, 5.41) is 15.1. The Hall–Kier alpha value is -1.50. The molecule has 0 aliphatic rings. The number of benzene rings is 1. The number of halogens is 4. The molecule has 1 N–H and O–H groups in total. The molecule has 1 aromatic rings. The third-order valence-electron chi connectivity index (χ3n) is 1.88. The quantitative estimate of drug-likeness (QED) is 0.499. The number of nitrogens with zero attached hydrogens (tertiary/aromatic N) is 2. The number of hydrogen-bond acceptors (Lipinski definition) is 3. The topological polar surface area (TPSA) is 45.0 Å². The molecule has 7 heteroatoms. The largest absolute Gasteiger partial charge is 0.391 e. The number of azo groups is 1. The van der Waals surface area contributed by atoms with Crippen LogP contribution >= 0.6 is 0 Å². The van der Waals surface area contributed by atoms with Crippen LogP contribution < -0.4 is 0 Å². The van der Waals surface area contributed by atoms with Gasteiger partial charge in [0.05, 0.1) is 18.2 Å². The zero-order valence-corrected chi connectivity index (χ0v) is 9.14. The van der Waals surface area contributed by atoms with E-state index < -0.39 is 41.1 Å². The van der Waals surface area contributed by atoms with Crippen molar-refractivity contribution >= 4 is 5.69 Å². The van der Waals surface area contributed by atoms with Crippen LogP contribution in [0.2, 0.25) is 0 Å². The Kier molecular flexibility index (Phi) is 4.17. The van der Waals surface area contributed by atoms with Gasteiger partial charge in [-0.05, 0) is 13.8 Å². The smallest absolute Gasteiger partial charge is 0.189 e. The molecular weight excluding hydrogens is 240 g/mol. The van der Waals surface area contributed by atoms with E-state index >= 15 is 0 Å². The van der Waals surface area contributed by atoms with Crippen LogP contribution in [-0.2, 0) is 6.61 Å². The van der Waals surface area contributed by atoms with Gasteiger partial charge in [-0.15, -0.1) is 5.11 Å². The highest BCUT2D eigenvalue weighted by Crippen LogP contribution is 2.30. The predicted octanol–water partition coefficient (Wildman–Crippen LogP) is 3.23. The lowest BCUT2D eigenvalue weighted by Crippen LogP contribution is -2.03. The molecule has 0 aliphatic heterocycles. The van der Waals surface area contributed by atoms with Gasteiger partial charge in [0.1, 0.15) is 0 Å². The van der Waals surface area contributed by atoms with Crippen molar-refractivity contribution in [2.24, 2.45) is 10.2 Å². The van der Waals surface area contributed by atoms with E-state index in [4.69, 9.17) is 5.11 Å². The van der Waals surface area contributed by atoms with Gasteiger partial charge in [-0.25, -0.2) is 17.6 Å². The molecule has 17 heavy (non-hydrogen) atoms. The Bertz CT molecular complexity index is 431. The fraction of sp³-hybridized carbons (Fsp3) is 0.400. The Labute approximate surface area is 94.8 Å². The second-order valence-electron chi connectivity index (χ2n) is 3.55. The number of hydrogen-bond donors (Lipinski definition) is 1. The lowest BCUT2D eigenvalue weighted by molar-refractivity contribution is 0.263. The van der Waals surface area contributed by atoms with E-state index in [1.165, 1.54) is 0 Å². The number of aliphatic hydroxyl groups is 1. The predicted molar refractivity (Wildman–Crippen MR) is 51.8 cm³/mol. The van der Waals surface area contributed by atoms with Gasteiger partial charge >= 0.3 is 0 Å². The molecule has 0 unspecified atom stereocenters. The Balaban J connectivity index is 3.43. The van der Waals surface area contributed by atoms with E-state index in [-0.39, 0.29) is 6.04 Å². The zero-order chi connectivity index (χ0) is 13.2. The van der Waals surface area contributed by atoms with Gasteiger partial charge in [0.25, 0.3) is 0 Å². The number of rotatable bonds is 3. The highest BCUT2D eigenvalue weighted by Gasteiger charge is 2.24. The summed E-state index contributed by atoms with van der Waals surface area (Å²) in [6.45, 7) is 2.01. The number of aliphatic hydroxyl groups excluding tert-OH is 1. The van der Waals surface area contributed by atoms with Gasteiger partial charge in [0.15, 0.2) is 29.0 Å². The van der Waals surface area contributed by atoms with E-state index in [1.54, 1.807) is 13.8 Å². The fourth-order valence-corrected chi connectivity index (χ4v) is 1.07. The van der Waals surface area contributed by atoms with E-state index in [1.807, 2.05) is 0 Å². The van der Waals surface area contributed by atoms with Crippen LogP contribution in [0.5, 0.6) is 0 Å². The molecule has 0 amide bonds. The maximum atomic E-state index is 13.3. The summed E-state index contributed by atoms with van der Waals surface area (Å²) >= 11 is 0. The van der Waals surface area contributed by atoms with Crippen molar-refractivity contribution in [1.82, 2.24) is 0 Å². The molecule has 0 bridgehead atoms. The van der Waals surface area contributed by atoms with Crippen LogP contribution in [-0.4, -0.2) is 11.1 Å². The third-order valence-corrected chi connectivity index (χ3v) is 1.88. The molecule has 3 nitrogen and oxygen atoms in total. The summed E-state index contributed by atoms with van der Waals surface area (Å²) in [5.41, 5.74) is -2.20. The van der Waals surface area contributed by atoms with Gasteiger partial charge in [-0.2, -0.15) is 5.11 Å². The molecule has 0 saturated heterocycles. The molecule has 0 heterocycles. The van der Waals surface area contributed by atoms with E-state index in [0.717, 1.165) is 0 Å². The molecule has 0 aromatic heterocycles. The highest BCUT2D eigenvalue weighted by atomic mass is 19.2. The van der Waals surface area contributed by atoms with E-state index in [0.29, 0.717) is 0 Å². The molecule has 0 fully saturated rings. The van der Waals surface area contributed by atoms with Crippen molar-refractivity contribution in [1.29, 1.82) is 0 Å². The molecule has 0 saturated carbocycles. The summed E-state index contributed by atoms with van der Waals surface area (Å²) in [6, 6.07) is -0.377. The highest BCUT2D eigenvalue weighted by molar-refractivity contribution is 5.44. The lowest BCUT2D eigenvalue weighted by atomic mass is 10.1. The maximum absolute atomic E-state index is 13.3. The van der Waals surface area contributed by atoms with Crippen LogP contribution in [0.4, 0.5) is 23.2 Å². The van der Waals surface area contributed by atoms with Crippen LogP contribution in [0.3, 0.4) is 0 Å². The van der Waals surface area contributed by atoms with Crippen LogP contribution in [0.15, 0.2) is 10.2 Å². The third kappa shape index (κ3) is 2.60. The minimum Gasteiger partial charge on any atom is -0.391 e. The van der Waals surface area contributed by atoms with Crippen molar-refractivity contribution in [3.05, 3.63) is 28.8 Å². The molecule has 0 spiro atoms. The Morgan fingerprint density at radius 3 is 1.82 bits per heavy atom. The Morgan fingerprint density at radius 2 is 1.47 bits per heavy atom. The van der Waals surface area contributed by atoms with Crippen molar-refractivity contribution in [3.8, 4) is 0 Å². The summed E-state index contributed by atoms with van der Waals surface area (Å²) in [5.74, 6) is -6.66. The first kappa shape index (κ1) is 13.6. The molecule has 0 aliphatic carbocycles. The van der Waals surface area contributed by atoms with Crippen LogP contribution in [0.1, 0.15) is 19.4 Å². The van der Waals surface area contributed by atoms with Gasteiger partial charge < -0.3 is 5.11 Å². The molecule has 94 valence electrons. The second kappa shape index (κ2) is 5.22. The summed E-state index contributed by atoms with van der Waals surface area (Å²) in [7, 11) is 0. The van der Waals surface area contributed by atoms with Gasteiger partial charge in [0, 0.05) is 0 Å². The molecular formula is C10H10F4N2O. The minimum atomic E-state index is -1.67. The summed E-state index contributed by atoms with van der Waals surface area (Å²) in [6.07, 6.45) is 0. The second-order valence-corrected chi connectivity index (χ2v) is 3.55. The van der Waals surface area contributed by atoms with Gasteiger partial charge in [0.2, 0.25) is 0 Å². The average Bonchev–Trinajstić information content (AvgIpc) is 2.27. The normalized spacial score (nSPS) is 11.8.